The second-order valence-corrected chi connectivity index (χ2v) is 4.36. The maximum absolute atomic E-state index is 9.34. The molecule has 1 heterocycles. The first kappa shape index (κ1) is 11.0. The van der Waals surface area contributed by atoms with E-state index in [9.17, 15) is 5.11 Å². The van der Waals surface area contributed by atoms with Crippen molar-refractivity contribution < 1.29 is 14.6 Å². The molecule has 0 radical (unpaired) electrons. The highest BCUT2D eigenvalue weighted by atomic mass is 16.5. The van der Waals surface area contributed by atoms with Gasteiger partial charge in [-0.3, -0.25) is 0 Å². The van der Waals surface area contributed by atoms with Crippen molar-refractivity contribution in [1.29, 1.82) is 0 Å². The highest BCUT2D eigenvalue weighted by Crippen LogP contribution is 2.28. The molecule has 18 heavy (non-hydrogen) atoms. The summed E-state index contributed by atoms with van der Waals surface area (Å²) in [5.74, 6) is 1.82. The molecular formula is C15H14O3. The van der Waals surface area contributed by atoms with Crippen molar-refractivity contribution in [3.8, 4) is 17.2 Å². The van der Waals surface area contributed by atoms with E-state index in [0.29, 0.717) is 12.4 Å². The normalized spacial score (nSPS) is 17.0. The molecule has 1 aliphatic heterocycles. The SMILES string of the molecule is Oc1cccc(OCC2Cc3ccccc3O2)c1. The largest absolute Gasteiger partial charge is 0.508 e. The summed E-state index contributed by atoms with van der Waals surface area (Å²) in [6, 6.07) is 14.8. The average molecular weight is 242 g/mol. The Bertz CT molecular complexity index is 526. The Hall–Kier alpha value is -2.16. The second-order valence-electron chi connectivity index (χ2n) is 4.36. The van der Waals surface area contributed by atoms with Crippen LogP contribution in [0.2, 0.25) is 0 Å². The third-order valence-electron chi connectivity index (χ3n) is 2.97. The molecular weight excluding hydrogens is 228 g/mol. The van der Waals surface area contributed by atoms with Gasteiger partial charge in [-0.15, -0.1) is 0 Å². The fraction of sp³-hybridized carbons (Fsp3) is 0.200. The zero-order valence-electron chi connectivity index (χ0n) is 9.87. The van der Waals surface area contributed by atoms with Crippen LogP contribution in [0.5, 0.6) is 17.2 Å². The van der Waals surface area contributed by atoms with Crippen LogP contribution in [0, 0.1) is 0 Å². The fourth-order valence-electron chi connectivity index (χ4n) is 2.11. The molecule has 0 saturated carbocycles. The van der Waals surface area contributed by atoms with Crippen LogP contribution in [-0.2, 0) is 6.42 Å². The predicted molar refractivity (Wildman–Crippen MR) is 68.2 cm³/mol. The topological polar surface area (TPSA) is 38.7 Å². The fourth-order valence-corrected chi connectivity index (χ4v) is 2.11. The lowest BCUT2D eigenvalue weighted by Gasteiger charge is -2.12. The van der Waals surface area contributed by atoms with Crippen LogP contribution in [-0.4, -0.2) is 17.8 Å². The molecule has 0 amide bonds. The molecule has 0 fully saturated rings. The summed E-state index contributed by atoms with van der Waals surface area (Å²) in [4.78, 5) is 0. The number of para-hydroxylation sites is 1. The number of aromatic hydroxyl groups is 1. The van der Waals surface area contributed by atoms with Gasteiger partial charge >= 0.3 is 0 Å². The molecule has 0 spiro atoms. The van der Waals surface area contributed by atoms with Crippen molar-refractivity contribution in [2.75, 3.05) is 6.61 Å². The van der Waals surface area contributed by atoms with Crippen molar-refractivity contribution in [2.45, 2.75) is 12.5 Å². The highest BCUT2D eigenvalue weighted by molar-refractivity contribution is 5.37. The van der Waals surface area contributed by atoms with E-state index in [-0.39, 0.29) is 11.9 Å². The molecule has 1 atom stereocenters. The zero-order chi connectivity index (χ0) is 12.4. The third kappa shape index (κ3) is 2.25. The molecule has 0 aromatic heterocycles. The smallest absolute Gasteiger partial charge is 0.137 e. The number of fused-ring (bicyclic) bond motifs is 1. The van der Waals surface area contributed by atoms with Gasteiger partial charge in [-0.25, -0.2) is 0 Å². The Morgan fingerprint density at radius 1 is 1.17 bits per heavy atom. The Morgan fingerprint density at radius 3 is 2.89 bits per heavy atom. The lowest BCUT2D eigenvalue weighted by molar-refractivity contribution is 0.148. The van der Waals surface area contributed by atoms with Gasteiger partial charge in [0, 0.05) is 12.5 Å². The van der Waals surface area contributed by atoms with Gasteiger partial charge in [-0.2, -0.15) is 0 Å². The minimum absolute atomic E-state index is 0.0461. The molecule has 0 saturated heterocycles. The van der Waals surface area contributed by atoms with E-state index in [0.717, 1.165) is 12.2 Å². The highest BCUT2D eigenvalue weighted by Gasteiger charge is 2.22. The number of benzene rings is 2. The van der Waals surface area contributed by atoms with Gasteiger partial charge in [-0.1, -0.05) is 24.3 Å². The van der Waals surface area contributed by atoms with E-state index < -0.39 is 0 Å². The number of phenolic OH excluding ortho intramolecular Hbond substituents is 1. The van der Waals surface area contributed by atoms with Gasteiger partial charge in [0.25, 0.3) is 0 Å². The Balaban J connectivity index is 1.60. The van der Waals surface area contributed by atoms with E-state index in [2.05, 4.69) is 6.07 Å². The van der Waals surface area contributed by atoms with Crippen LogP contribution >= 0.6 is 0 Å². The molecule has 0 bridgehead atoms. The molecule has 92 valence electrons. The maximum atomic E-state index is 9.34. The molecule has 2 aromatic carbocycles. The van der Waals surface area contributed by atoms with Gasteiger partial charge in [0.1, 0.15) is 30.0 Å². The molecule has 1 N–H and O–H groups in total. The molecule has 1 unspecified atom stereocenters. The monoisotopic (exact) mass is 242 g/mol. The van der Waals surface area contributed by atoms with Crippen LogP contribution in [0.15, 0.2) is 48.5 Å². The van der Waals surface area contributed by atoms with Gasteiger partial charge in [0.15, 0.2) is 0 Å². The van der Waals surface area contributed by atoms with Gasteiger partial charge in [0.05, 0.1) is 0 Å². The van der Waals surface area contributed by atoms with E-state index in [1.165, 1.54) is 5.56 Å². The van der Waals surface area contributed by atoms with Crippen LogP contribution < -0.4 is 9.47 Å². The number of ether oxygens (including phenoxy) is 2. The minimum Gasteiger partial charge on any atom is -0.508 e. The quantitative estimate of drug-likeness (QED) is 0.899. The Kier molecular flexibility index (Phi) is 2.81. The van der Waals surface area contributed by atoms with E-state index in [1.54, 1.807) is 18.2 Å². The summed E-state index contributed by atoms with van der Waals surface area (Å²) in [5, 5.41) is 9.34. The van der Waals surface area contributed by atoms with Crippen LogP contribution in [0.4, 0.5) is 0 Å². The number of hydrogen-bond acceptors (Lipinski definition) is 3. The molecule has 0 aliphatic carbocycles. The maximum Gasteiger partial charge on any atom is 0.137 e. The first-order chi connectivity index (χ1) is 8.81. The van der Waals surface area contributed by atoms with Crippen molar-refractivity contribution >= 4 is 0 Å². The van der Waals surface area contributed by atoms with Gasteiger partial charge < -0.3 is 14.6 Å². The van der Waals surface area contributed by atoms with Crippen LogP contribution in [0.1, 0.15) is 5.56 Å². The number of rotatable bonds is 3. The number of phenols is 1. The van der Waals surface area contributed by atoms with Crippen LogP contribution in [0.3, 0.4) is 0 Å². The standard InChI is InChI=1S/C15H14O3/c16-12-5-3-6-13(9-12)17-10-14-8-11-4-1-2-7-15(11)18-14/h1-7,9,14,16H,8,10H2. The van der Waals surface area contributed by atoms with Crippen molar-refractivity contribution in [2.24, 2.45) is 0 Å². The van der Waals surface area contributed by atoms with Crippen molar-refractivity contribution in [3.05, 3.63) is 54.1 Å². The Labute approximate surface area is 106 Å². The summed E-state index contributed by atoms with van der Waals surface area (Å²) in [5.41, 5.74) is 1.22. The molecule has 3 nitrogen and oxygen atoms in total. The number of hydrogen-bond donors (Lipinski definition) is 1. The lowest BCUT2D eigenvalue weighted by Crippen LogP contribution is -2.22. The van der Waals surface area contributed by atoms with Crippen molar-refractivity contribution in [1.82, 2.24) is 0 Å². The van der Waals surface area contributed by atoms with E-state index >= 15 is 0 Å². The van der Waals surface area contributed by atoms with Gasteiger partial charge in [0.2, 0.25) is 0 Å². The van der Waals surface area contributed by atoms with Crippen molar-refractivity contribution in [3.63, 3.8) is 0 Å². The minimum atomic E-state index is 0.0461. The molecule has 1 aliphatic rings. The summed E-state index contributed by atoms with van der Waals surface area (Å²) in [7, 11) is 0. The molecule has 3 rings (SSSR count). The summed E-state index contributed by atoms with van der Waals surface area (Å²) in [6.45, 7) is 0.484. The Morgan fingerprint density at radius 2 is 2.06 bits per heavy atom. The summed E-state index contributed by atoms with van der Waals surface area (Å²) < 4.78 is 11.4. The summed E-state index contributed by atoms with van der Waals surface area (Å²) in [6.07, 6.45) is 0.916. The third-order valence-corrected chi connectivity index (χ3v) is 2.97. The first-order valence-corrected chi connectivity index (χ1v) is 5.97. The molecule has 2 aromatic rings. The average Bonchev–Trinajstić information content (AvgIpc) is 2.79. The summed E-state index contributed by atoms with van der Waals surface area (Å²) >= 11 is 0. The predicted octanol–water partition coefficient (Wildman–Crippen LogP) is 2.77. The van der Waals surface area contributed by atoms with E-state index in [4.69, 9.17) is 9.47 Å². The second kappa shape index (κ2) is 4.61. The first-order valence-electron chi connectivity index (χ1n) is 5.97. The lowest BCUT2D eigenvalue weighted by atomic mass is 10.1. The zero-order valence-corrected chi connectivity index (χ0v) is 9.87. The van der Waals surface area contributed by atoms with Gasteiger partial charge in [-0.05, 0) is 23.8 Å². The molecule has 3 heteroatoms. The van der Waals surface area contributed by atoms with Crippen LogP contribution in [0.25, 0.3) is 0 Å². The van der Waals surface area contributed by atoms with E-state index in [1.807, 2.05) is 24.3 Å².